The maximum Gasteiger partial charge on any atom is 0.145 e. The van der Waals surface area contributed by atoms with E-state index in [2.05, 4.69) is 57.1 Å². The minimum Gasteiger partial charge on any atom is -0.303 e. The van der Waals surface area contributed by atoms with Gasteiger partial charge in [0.2, 0.25) is 0 Å². The third-order valence-corrected chi connectivity index (χ3v) is 3.40. The van der Waals surface area contributed by atoms with Gasteiger partial charge in [0, 0.05) is 24.6 Å². The molecule has 0 amide bonds. The number of halogens is 1. The summed E-state index contributed by atoms with van der Waals surface area (Å²) < 4.78 is 0.835. The molecule has 1 N–H and O–H groups in total. The molecule has 0 bridgehead atoms. The van der Waals surface area contributed by atoms with Gasteiger partial charge in [-0.25, -0.2) is 15.0 Å². The van der Waals surface area contributed by atoms with Crippen LogP contribution < -0.4 is 5.43 Å². The summed E-state index contributed by atoms with van der Waals surface area (Å²) in [6.45, 7) is 8.55. The van der Waals surface area contributed by atoms with Crippen LogP contribution in [0, 0.1) is 0 Å². The summed E-state index contributed by atoms with van der Waals surface area (Å²) in [5, 5.41) is 2.24. The van der Waals surface area contributed by atoms with Gasteiger partial charge in [-0.3, -0.25) is 0 Å². The van der Waals surface area contributed by atoms with Crippen LogP contribution in [0.3, 0.4) is 0 Å². The highest BCUT2D eigenvalue weighted by molar-refractivity contribution is 9.10. The Morgan fingerprint density at radius 2 is 1.83 bits per heavy atom. The molecule has 1 fully saturated rings. The van der Waals surface area contributed by atoms with E-state index in [1.807, 2.05) is 6.07 Å². The number of rotatable bonds is 2. The van der Waals surface area contributed by atoms with Crippen LogP contribution in [0.2, 0.25) is 0 Å². The van der Waals surface area contributed by atoms with Gasteiger partial charge < -0.3 is 5.43 Å². The van der Waals surface area contributed by atoms with E-state index in [0.717, 1.165) is 29.3 Å². The Labute approximate surface area is 117 Å². The highest BCUT2D eigenvalue weighted by atomic mass is 79.9. The molecule has 5 heteroatoms. The first-order valence-corrected chi connectivity index (χ1v) is 7.31. The maximum atomic E-state index is 4.61. The predicted molar refractivity (Wildman–Crippen MR) is 77.5 cm³/mol. The Balaban J connectivity index is 2.14. The average Bonchev–Trinajstić information content (AvgIpc) is 2.28. The number of anilines is 1. The van der Waals surface area contributed by atoms with Crippen LogP contribution in [0.1, 0.15) is 45.9 Å². The van der Waals surface area contributed by atoms with Crippen LogP contribution >= 0.6 is 15.9 Å². The molecule has 1 aliphatic heterocycles. The molecule has 4 nitrogen and oxygen atoms in total. The summed E-state index contributed by atoms with van der Waals surface area (Å²) in [7, 11) is 0. The standard InChI is InChI=1S/C13H21BrN4/c1-13(2,3)12-15-10(14)9-11(16-12)17-18-7-5-4-6-8-18/h9H,4-8H2,1-3H3,(H,15,16,17). The van der Waals surface area contributed by atoms with Crippen LogP contribution in [0.15, 0.2) is 10.7 Å². The van der Waals surface area contributed by atoms with Crippen molar-refractivity contribution in [1.82, 2.24) is 15.0 Å². The molecule has 0 spiro atoms. The maximum absolute atomic E-state index is 4.61. The Hall–Kier alpha value is -0.680. The number of piperidine rings is 1. The molecule has 0 unspecified atom stereocenters. The summed E-state index contributed by atoms with van der Waals surface area (Å²) in [6.07, 6.45) is 3.84. The molecule has 0 aliphatic carbocycles. The Bertz CT molecular complexity index is 408. The molecule has 1 saturated heterocycles. The van der Waals surface area contributed by atoms with Gasteiger partial charge in [0.25, 0.3) is 0 Å². The van der Waals surface area contributed by atoms with Gasteiger partial charge in [0.1, 0.15) is 16.2 Å². The molecule has 1 aromatic rings. The van der Waals surface area contributed by atoms with Crippen molar-refractivity contribution >= 4 is 21.7 Å². The minimum atomic E-state index is -0.0396. The molecule has 2 rings (SSSR count). The van der Waals surface area contributed by atoms with Crippen molar-refractivity contribution in [3.05, 3.63) is 16.5 Å². The van der Waals surface area contributed by atoms with E-state index in [4.69, 9.17) is 0 Å². The number of nitrogens with one attached hydrogen (secondary N) is 1. The van der Waals surface area contributed by atoms with Gasteiger partial charge in [-0.15, -0.1) is 0 Å². The van der Waals surface area contributed by atoms with Crippen LogP contribution in [0.4, 0.5) is 5.82 Å². The predicted octanol–water partition coefficient (Wildman–Crippen LogP) is 3.35. The number of hydrazine groups is 1. The van der Waals surface area contributed by atoms with Gasteiger partial charge in [-0.2, -0.15) is 0 Å². The van der Waals surface area contributed by atoms with Gasteiger partial charge in [-0.1, -0.05) is 27.2 Å². The molecule has 0 saturated carbocycles. The fourth-order valence-corrected chi connectivity index (χ4v) is 2.36. The lowest BCUT2D eigenvalue weighted by Gasteiger charge is -2.28. The lowest BCUT2D eigenvalue weighted by Crippen LogP contribution is -2.35. The molecule has 18 heavy (non-hydrogen) atoms. The molecule has 1 aromatic heterocycles. The largest absolute Gasteiger partial charge is 0.303 e. The molecule has 1 aliphatic rings. The lowest BCUT2D eigenvalue weighted by molar-refractivity contribution is 0.272. The normalized spacial score (nSPS) is 17.8. The smallest absolute Gasteiger partial charge is 0.145 e. The van der Waals surface area contributed by atoms with Crippen LogP contribution in [-0.4, -0.2) is 28.1 Å². The highest BCUT2D eigenvalue weighted by Crippen LogP contribution is 2.23. The first kappa shape index (κ1) is 13.7. The number of aromatic nitrogens is 2. The molecule has 0 aromatic carbocycles. The van der Waals surface area contributed by atoms with Crippen molar-refractivity contribution in [2.24, 2.45) is 0 Å². The van der Waals surface area contributed by atoms with Crippen LogP contribution in [0.25, 0.3) is 0 Å². The number of hydrogen-bond acceptors (Lipinski definition) is 4. The Morgan fingerprint density at radius 3 is 2.44 bits per heavy atom. The fraction of sp³-hybridized carbons (Fsp3) is 0.692. The topological polar surface area (TPSA) is 41.1 Å². The summed E-state index contributed by atoms with van der Waals surface area (Å²) in [6, 6.07) is 1.93. The molecule has 0 radical (unpaired) electrons. The second kappa shape index (κ2) is 5.53. The van der Waals surface area contributed by atoms with E-state index in [1.54, 1.807) is 0 Å². The molecule has 100 valence electrons. The summed E-state index contributed by atoms with van der Waals surface area (Å²) >= 11 is 3.46. The van der Waals surface area contributed by atoms with Gasteiger partial charge in [-0.05, 0) is 28.8 Å². The van der Waals surface area contributed by atoms with E-state index < -0.39 is 0 Å². The zero-order valence-electron chi connectivity index (χ0n) is 11.3. The average molecular weight is 313 g/mol. The molecule has 0 atom stereocenters. The fourth-order valence-electron chi connectivity index (χ4n) is 1.98. The minimum absolute atomic E-state index is 0.0396. The van der Waals surface area contributed by atoms with Crippen molar-refractivity contribution in [3.63, 3.8) is 0 Å². The highest BCUT2D eigenvalue weighted by Gasteiger charge is 2.19. The second-order valence-electron chi connectivity index (χ2n) is 5.81. The molecular weight excluding hydrogens is 292 g/mol. The van der Waals surface area contributed by atoms with Crippen molar-refractivity contribution in [2.45, 2.75) is 45.4 Å². The van der Waals surface area contributed by atoms with Crippen molar-refractivity contribution in [1.29, 1.82) is 0 Å². The van der Waals surface area contributed by atoms with Gasteiger partial charge in [0.05, 0.1) is 0 Å². The quantitative estimate of drug-likeness (QED) is 0.850. The van der Waals surface area contributed by atoms with E-state index in [9.17, 15) is 0 Å². The van der Waals surface area contributed by atoms with Crippen LogP contribution in [0.5, 0.6) is 0 Å². The zero-order valence-corrected chi connectivity index (χ0v) is 12.9. The van der Waals surface area contributed by atoms with Gasteiger partial charge >= 0.3 is 0 Å². The van der Waals surface area contributed by atoms with Crippen LogP contribution in [-0.2, 0) is 5.41 Å². The summed E-state index contributed by atoms with van der Waals surface area (Å²) in [4.78, 5) is 9.05. The summed E-state index contributed by atoms with van der Waals surface area (Å²) in [5.41, 5.74) is 3.35. The summed E-state index contributed by atoms with van der Waals surface area (Å²) in [5.74, 6) is 1.74. The van der Waals surface area contributed by atoms with E-state index in [0.29, 0.717) is 0 Å². The van der Waals surface area contributed by atoms with Crippen molar-refractivity contribution < 1.29 is 0 Å². The third kappa shape index (κ3) is 3.65. The third-order valence-electron chi connectivity index (χ3n) is 2.99. The van der Waals surface area contributed by atoms with E-state index >= 15 is 0 Å². The number of nitrogens with zero attached hydrogens (tertiary/aromatic N) is 3. The Kier molecular flexibility index (Phi) is 4.22. The van der Waals surface area contributed by atoms with Crippen molar-refractivity contribution in [3.8, 4) is 0 Å². The lowest BCUT2D eigenvalue weighted by atomic mass is 9.96. The van der Waals surface area contributed by atoms with Gasteiger partial charge in [0.15, 0.2) is 0 Å². The van der Waals surface area contributed by atoms with E-state index in [1.165, 1.54) is 19.3 Å². The SMILES string of the molecule is CC(C)(C)c1nc(Br)cc(NN2CCCCC2)n1. The monoisotopic (exact) mass is 312 g/mol. The Morgan fingerprint density at radius 1 is 1.17 bits per heavy atom. The zero-order chi connectivity index (χ0) is 13.2. The number of hydrogen-bond donors (Lipinski definition) is 1. The first-order chi connectivity index (χ1) is 8.45. The van der Waals surface area contributed by atoms with Crippen molar-refractivity contribution in [2.75, 3.05) is 18.5 Å². The second-order valence-corrected chi connectivity index (χ2v) is 6.62. The van der Waals surface area contributed by atoms with E-state index in [-0.39, 0.29) is 5.41 Å². The first-order valence-electron chi connectivity index (χ1n) is 6.52. The molecule has 2 heterocycles. The molecular formula is C13H21BrN4.